The van der Waals surface area contributed by atoms with E-state index in [4.69, 9.17) is 4.74 Å². The molecule has 1 fully saturated rings. The van der Waals surface area contributed by atoms with Crippen molar-refractivity contribution in [3.8, 4) is 5.75 Å². The van der Waals surface area contributed by atoms with Gasteiger partial charge in [0.15, 0.2) is 0 Å². The summed E-state index contributed by atoms with van der Waals surface area (Å²) in [7, 11) is 1.61. The predicted octanol–water partition coefficient (Wildman–Crippen LogP) is 3.43. The van der Waals surface area contributed by atoms with Gasteiger partial charge in [-0.2, -0.15) is 0 Å². The minimum absolute atomic E-state index is 0.227. The molecule has 2 rings (SSSR count). The molecule has 1 N–H and O–H groups in total. The molecule has 1 aromatic carbocycles. The molecule has 3 heteroatoms. The molecule has 88 valence electrons. The maximum Gasteiger partial charge on any atom is 0.142 e. The van der Waals surface area contributed by atoms with Gasteiger partial charge >= 0.3 is 0 Å². The molecule has 2 nitrogen and oxygen atoms in total. The first-order chi connectivity index (χ1) is 7.69. The number of nitrogens with one attached hydrogen (secondary N) is 1. The summed E-state index contributed by atoms with van der Waals surface area (Å²) in [4.78, 5) is 0. The van der Waals surface area contributed by atoms with Crippen molar-refractivity contribution in [2.45, 2.75) is 32.2 Å². The Kier molecular flexibility index (Phi) is 3.32. The first kappa shape index (κ1) is 11.2. The van der Waals surface area contributed by atoms with Crippen molar-refractivity contribution in [3.05, 3.63) is 24.0 Å². The van der Waals surface area contributed by atoms with Gasteiger partial charge in [0.1, 0.15) is 11.6 Å². The molecule has 0 aliphatic heterocycles. The van der Waals surface area contributed by atoms with Crippen LogP contribution in [0.5, 0.6) is 5.75 Å². The summed E-state index contributed by atoms with van der Waals surface area (Å²) in [5.74, 6) is 1.24. The zero-order chi connectivity index (χ0) is 11.5. The van der Waals surface area contributed by atoms with Gasteiger partial charge in [-0.25, -0.2) is 4.39 Å². The molecule has 2 unspecified atom stereocenters. The minimum Gasteiger partial charge on any atom is -0.495 e. The highest BCUT2D eigenvalue weighted by Crippen LogP contribution is 2.31. The van der Waals surface area contributed by atoms with Crippen LogP contribution in [0, 0.1) is 11.7 Å². The molecule has 0 aromatic heterocycles. The molecule has 0 radical (unpaired) electrons. The monoisotopic (exact) mass is 223 g/mol. The van der Waals surface area contributed by atoms with E-state index in [0.717, 1.165) is 24.4 Å². The van der Waals surface area contributed by atoms with Crippen molar-refractivity contribution >= 4 is 5.69 Å². The van der Waals surface area contributed by atoms with Gasteiger partial charge in [-0.1, -0.05) is 6.92 Å². The number of hydrogen-bond acceptors (Lipinski definition) is 2. The highest BCUT2D eigenvalue weighted by Gasteiger charge is 2.21. The third-order valence-corrected chi connectivity index (χ3v) is 3.22. The Morgan fingerprint density at radius 3 is 2.81 bits per heavy atom. The van der Waals surface area contributed by atoms with Crippen LogP contribution in [0.15, 0.2) is 18.2 Å². The number of halogens is 1. The second-order valence-corrected chi connectivity index (χ2v) is 4.60. The van der Waals surface area contributed by atoms with E-state index in [9.17, 15) is 4.39 Å². The Bertz CT molecular complexity index is 367. The number of anilines is 1. The Morgan fingerprint density at radius 2 is 2.19 bits per heavy atom. The molecule has 1 aromatic rings. The Balaban J connectivity index is 2.10. The number of methoxy groups -OCH3 is 1. The maximum atomic E-state index is 13.1. The maximum absolute atomic E-state index is 13.1. The molecule has 0 saturated heterocycles. The standard InChI is InChI=1S/C13H18FNO/c1-9-3-5-11(7-9)15-12-8-10(14)4-6-13(12)16-2/h4,6,8-9,11,15H,3,5,7H2,1-2H3. The quantitative estimate of drug-likeness (QED) is 0.847. The molecule has 0 heterocycles. The van der Waals surface area contributed by atoms with E-state index in [1.54, 1.807) is 13.2 Å². The lowest BCUT2D eigenvalue weighted by atomic mass is 10.1. The lowest BCUT2D eigenvalue weighted by Gasteiger charge is -2.16. The lowest BCUT2D eigenvalue weighted by molar-refractivity contribution is 0.414. The molecular formula is C13H18FNO. The normalized spacial score (nSPS) is 24.4. The summed E-state index contributed by atoms with van der Waals surface area (Å²) in [6.45, 7) is 2.25. The van der Waals surface area contributed by atoms with Crippen molar-refractivity contribution in [1.82, 2.24) is 0 Å². The van der Waals surface area contributed by atoms with E-state index in [-0.39, 0.29) is 5.82 Å². The third kappa shape index (κ3) is 2.46. The second-order valence-electron chi connectivity index (χ2n) is 4.60. The van der Waals surface area contributed by atoms with Gasteiger partial charge in [0.25, 0.3) is 0 Å². The minimum atomic E-state index is -0.227. The molecular weight excluding hydrogens is 205 g/mol. The van der Waals surface area contributed by atoms with E-state index in [0.29, 0.717) is 11.8 Å². The van der Waals surface area contributed by atoms with Gasteiger partial charge < -0.3 is 10.1 Å². The number of hydrogen-bond donors (Lipinski definition) is 1. The van der Waals surface area contributed by atoms with Crippen molar-refractivity contribution < 1.29 is 9.13 Å². The highest BCUT2D eigenvalue weighted by atomic mass is 19.1. The van der Waals surface area contributed by atoms with Crippen LogP contribution in [0.2, 0.25) is 0 Å². The fourth-order valence-corrected chi connectivity index (χ4v) is 2.35. The molecule has 1 aliphatic carbocycles. The summed E-state index contributed by atoms with van der Waals surface area (Å²) in [6, 6.07) is 5.03. The van der Waals surface area contributed by atoms with Gasteiger partial charge in [-0.3, -0.25) is 0 Å². The number of benzene rings is 1. The smallest absolute Gasteiger partial charge is 0.142 e. The van der Waals surface area contributed by atoms with Crippen LogP contribution in [0.4, 0.5) is 10.1 Å². The first-order valence-corrected chi connectivity index (χ1v) is 5.79. The highest BCUT2D eigenvalue weighted by molar-refractivity contribution is 5.57. The SMILES string of the molecule is COc1ccc(F)cc1NC1CCC(C)C1. The molecule has 2 atom stereocenters. The largest absolute Gasteiger partial charge is 0.495 e. The summed E-state index contributed by atoms with van der Waals surface area (Å²) in [6.07, 6.45) is 3.55. The van der Waals surface area contributed by atoms with E-state index >= 15 is 0 Å². The fraction of sp³-hybridized carbons (Fsp3) is 0.538. The van der Waals surface area contributed by atoms with Crippen molar-refractivity contribution in [2.75, 3.05) is 12.4 Å². The van der Waals surface area contributed by atoms with E-state index in [1.807, 2.05) is 0 Å². The van der Waals surface area contributed by atoms with Crippen molar-refractivity contribution in [3.63, 3.8) is 0 Å². The number of rotatable bonds is 3. The van der Waals surface area contributed by atoms with Crippen LogP contribution >= 0.6 is 0 Å². The van der Waals surface area contributed by atoms with Crippen LogP contribution in [0.3, 0.4) is 0 Å². The zero-order valence-electron chi connectivity index (χ0n) is 9.79. The van der Waals surface area contributed by atoms with Crippen molar-refractivity contribution in [1.29, 1.82) is 0 Å². The topological polar surface area (TPSA) is 21.3 Å². The van der Waals surface area contributed by atoms with Crippen molar-refractivity contribution in [2.24, 2.45) is 5.92 Å². The van der Waals surface area contributed by atoms with Gasteiger partial charge in [0, 0.05) is 12.1 Å². The summed E-state index contributed by atoms with van der Waals surface area (Å²) in [5.41, 5.74) is 0.765. The first-order valence-electron chi connectivity index (χ1n) is 5.79. The van der Waals surface area contributed by atoms with E-state index in [1.165, 1.54) is 18.6 Å². The summed E-state index contributed by atoms with van der Waals surface area (Å²) in [5, 5.41) is 3.37. The average molecular weight is 223 g/mol. The van der Waals surface area contributed by atoms with Gasteiger partial charge in [0.2, 0.25) is 0 Å². The Hall–Kier alpha value is -1.25. The van der Waals surface area contributed by atoms with E-state index < -0.39 is 0 Å². The predicted molar refractivity (Wildman–Crippen MR) is 63.4 cm³/mol. The second kappa shape index (κ2) is 4.73. The van der Waals surface area contributed by atoms with Gasteiger partial charge in [-0.15, -0.1) is 0 Å². The summed E-state index contributed by atoms with van der Waals surface area (Å²) >= 11 is 0. The van der Waals surface area contributed by atoms with Crippen LogP contribution < -0.4 is 10.1 Å². The summed E-state index contributed by atoms with van der Waals surface area (Å²) < 4.78 is 18.3. The third-order valence-electron chi connectivity index (χ3n) is 3.22. The molecule has 0 bridgehead atoms. The van der Waals surface area contributed by atoms with Gasteiger partial charge in [0.05, 0.1) is 12.8 Å². The van der Waals surface area contributed by atoms with Crippen LogP contribution in [-0.4, -0.2) is 13.2 Å². The van der Waals surface area contributed by atoms with Crippen LogP contribution in [0.1, 0.15) is 26.2 Å². The lowest BCUT2D eigenvalue weighted by Crippen LogP contribution is -2.15. The molecule has 16 heavy (non-hydrogen) atoms. The average Bonchev–Trinajstić information content (AvgIpc) is 2.64. The Morgan fingerprint density at radius 1 is 1.38 bits per heavy atom. The van der Waals surface area contributed by atoms with Crippen LogP contribution in [-0.2, 0) is 0 Å². The number of ether oxygens (including phenoxy) is 1. The zero-order valence-corrected chi connectivity index (χ0v) is 9.79. The Labute approximate surface area is 95.8 Å². The fourth-order valence-electron chi connectivity index (χ4n) is 2.35. The molecule has 1 aliphatic rings. The molecule has 0 spiro atoms. The van der Waals surface area contributed by atoms with Gasteiger partial charge in [-0.05, 0) is 37.3 Å². The van der Waals surface area contributed by atoms with Crippen LogP contribution in [0.25, 0.3) is 0 Å². The molecule has 1 saturated carbocycles. The van der Waals surface area contributed by atoms with E-state index in [2.05, 4.69) is 12.2 Å². The molecule has 0 amide bonds.